The Hall–Kier alpha value is -1.66. The zero-order valence-corrected chi connectivity index (χ0v) is 9.15. The van der Waals surface area contributed by atoms with Crippen molar-refractivity contribution >= 4 is 11.9 Å². The van der Waals surface area contributed by atoms with Gasteiger partial charge in [-0.25, -0.2) is 0 Å². The number of hydrogen-bond donors (Lipinski definition) is 2. The highest BCUT2D eigenvalue weighted by Crippen LogP contribution is 2.68. The van der Waals surface area contributed by atoms with Gasteiger partial charge >= 0.3 is 11.9 Å². The molecule has 0 saturated carbocycles. The minimum absolute atomic E-state index is 0.740. The second-order valence-corrected chi connectivity index (χ2v) is 5.07. The summed E-state index contributed by atoms with van der Waals surface area (Å²) in [6.45, 7) is 0. The van der Waals surface area contributed by atoms with Crippen LogP contribution in [0.2, 0.25) is 0 Å². The summed E-state index contributed by atoms with van der Waals surface area (Å²) < 4.78 is 11.1. The third kappa shape index (κ3) is 0.678. The Morgan fingerprint density at radius 3 is 1.28 bits per heavy atom. The lowest BCUT2D eigenvalue weighted by molar-refractivity contribution is -0.170. The van der Waals surface area contributed by atoms with E-state index in [9.17, 15) is 19.8 Å². The van der Waals surface area contributed by atoms with E-state index in [0.29, 0.717) is 0 Å². The molecule has 4 bridgehead atoms. The normalized spacial score (nSPS) is 54.0. The third-order valence-electron chi connectivity index (χ3n) is 4.70. The summed E-state index contributed by atoms with van der Waals surface area (Å²) in [5.41, 5.74) is -3.09. The lowest BCUT2D eigenvalue weighted by atomic mass is 9.53. The Morgan fingerprint density at radius 1 is 0.778 bits per heavy atom. The molecule has 2 saturated heterocycles. The van der Waals surface area contributed by atoms with Gasteiger partial charge in [0.05, 0.1) is 24.4 Å². The van der Waals surface area contributed by atoms with Crippen molar-refractivity contribution in [3.8, 4) is 0 Å². The van der Waals surface area contributed by atoms with Gasteiger partial charge in [0, 0.05) is 0 Å². The second-order valence-electron chi connectivity index (χ2n) is 5.07. The van der Waals surface area contributed by atoms with Crippen molar-refractivity contribution in [3.63, 3.8) is 0 Å². The average Bonchev–Trinajstić information content (AvgIpc) is 3.05. The maximum atomic E-state index is 11.8. The fourth-order valence-corrected chi connectivity index (χ4v) is 4.04. The van der Waals surface area contributed by atoms with E-state index in [1.165, 1.54) is 0 Å². The highest BCUT2D eigenvalue weighted by atomic mass is 16.6. The van der Waals surface area contributed by atoms with Crippen LogP contribution in [0.3, 0.4) is 0 Å². The summed E-state index contributed by atoms with van der Waals surface area (Å²) in [7, 11) is 0. The molecule has 18 heavy (non-hydrogen) atoms. The first kappa shape index (κ1) is 10.3. The van der Waals surface area contributed by atoms with E-state index in [0.717, 1.165) is 0 Å². The van der Waals surface area contributed by atoms with Gasteiger partial charge in [0.25, 0.3) is 0 Å². The average molecular weight is 250 g/mol. The van der Waals surface area contributed by atoms with E-state index in [4.69, 9.17) is 9.47 Å². The molecule has 94 valence electrons. The van der Waals surface area contributed by atoms with Gasteiger partial charge in [0.1, 0.15) is 10.8 Å². The van der Waals surface area contributed by atoms with Crippen molar-refractivity contribution in [3.05, 3.63) is 24.3 Å². The van der Waals surface area contributed by atoms with Crippen LogP contribution in [0, 0.1) is 10.8 Å². The summed E-state index contributed by atoms with van der Waals surface area (Å²) in [6.07, 6.45) is 3.59. The fraction of sp³-hybridized carbons (Fsp3) is 0.500. The van der Waals surface area contributed by atoms with E-state index in [1.54, 1.807) is 24.3 Å². The maximum Gasteiger partial charge on any atom is 0.317 e. The Labute approximate surface area is 101 Å². The molecule has 4 atom stereocenters. The monoisotopic (exact) mass is 250 g/mol. The summed E-state index contributed by atoms with van der Waals surface area (Å²) in [5, 5.41) is 19.3. The van der Waals surface area contributed by atoms with Gasteiger partial charge in [0.15, 0.2) is 0 Å². The summed E-state index contributed by atoms with van der Waals surface area (Å²) in [4.78, 5) is 23.6. The molecule has 4 aliphatic rings. The largest absolute Gasteiger partial charge is 0.481 e. The molecule has 0 aromatic rings. The van der Waals surface area contributed by atoms with Crippen LogP contribution in [0.25, 0.3) is 0 Å². The van der Waals surface area contributed by atoms with Crippen LogP contribution in [0.4, 0.5) is 0 Å². The zero-order chi connectivity index (χ0) is 12.7. The number of rotatable bonds is 2. The first-order valence-electron chi connectivity index (χ1n) is 5.70. The number of aliphatic carboxylic acids is 2. The molecule has 0 unspecified atom stereocenters. The third-order valence-corrected chi connectivity index (χ3v) is 4.70. The lowest BCUT2D eigenvalue weighted by Gasteiger charge is -2.41. The smallest absolute Gasteiger partial charge is 0.317 e. The predicted molar refractivity (Wildman–Crippen MR) is 55.7 cm³/mol. The minimum atomic E-state index is -1.54. The fourth-order valence-electron chi connectivity index (χ4n) is 4.04. The van der Waals surface area contributed by atoms with Crippen LogP contribution < -0.4 is 0 Å². The van der Waals surface area contributed by atoms with Crippen molar-refractivity contribution in [2.24, 2.45) is 10.8 Å². The molecule has 4 rings (SSSR count). The first-order valence-corrected chi connectivity index (χ1v) is 5.70. The SMILES string of the molecule is O=C(O)C12[C@@H]3C=C[C@@H](O3)C1(C(=O)O)[C@H]1C=C[C@@H]2O1. The molecular formula is C12H10O6. The van der Waals surface area contributed by atoms with E-state index < -0.39 is 47.2 Å². The molecule has 0 aromatic carbocycles. The van der Waals surface area contributed by atoms with Gasteiger partial charge in [0.2, 0.25) is 0 Å². The van der Waals surface area contributed by atoms with Crippen LogP contribution in [-0.4, -0.2) is 46.6 Å². The topological polar surface area (TPSA) is 93.1 Å². The van der Waals surface area contributed by atoms with E-state index in [2.05, 4.69) is 0 Å². The molecule has 4 heterocycles. The molecule has 6 nitrogen and oxygen atoms in total. The molecule has 6 heteroatoms. The van der Waals surface area contributed by atoms with Crippen molar-refractivity contribution in [2.45, 2.75) is 24.4 Å². The Morgan fingerprint density at radius 2 is 1.06 bits per heavy atom. The van der Waals surface area contributed by atoms with Gasteiger partial charge in [-0.3, -0.25) is 9.59 Å². The predicted octanol–water partition coefficient (Wildman–Crippen LogP) is -0.197. The van der Waals surface area contributed by atoms with Crippen LogP contribution in [0.1, 0.15) is 0 Å². The molecule has 2 fully saturated rings. The highest BCUT2D eigenvalue weighted by Gasteiger charge is 2.85. The van der Waals surface area contributed by atoms with Gasteiger partial charge in [-0.2, -0.15) is 0 Å². The molecule has 0 amide bonds. The van der Waals surface area contributed by atoms with Crippen LogP contribution >= 0.6 is 0 Å². The van der Waals surface area contributed by atoms with Crippen LogP contribution in [-0.2, 0) is 19.1 Å². The lowest BCUT2D eigenvalue weighted by Crippen LogP contribution is -2.62. The van der Waals surface area contributed by atoms with Crippen molar-refractivity contribution in [1.29, 1.82) is 0 Å². The molecular weight excluding hydrogens is 240 g/mol. The van der Waals surface area contributed by atoms with Gasteiger partial charge in [-0.05, 0) is 0 Å². The Bertz CT molecular complexity index is 461. The Balaban J connectivity index is 2.06. The van der Waals surface area contributed by atoms with Crippen molar-refractivity contribution in [1.82, 2.24) is 0 Å². The maximum absolute atomic E-state index is 11.8. The molecule has 0 aliphatic carbocycles. The van der Waals surface area contributed by atoms with Gasteiger partial charge in [-0.1, -0.05) is 24.3 Å². The van der Waals surface area contributed by atoms with Gasteiger partial charge in [-0.15, -0.1) is 0 Å². The highest BCUT2D eigenvalue weighted by molar-refractivity contribution is 5.93. The minimum Gasteiger partial charge on any atom is -0.481 e. The summed E-state index contributed by atoms with van der Waals surface area (Å²) in [5.74, 6) is -2.34. The zero-order valence-electron chi connectivity index (χ0n) is 9.15. The number of ether oxygens (including phenoxy) is 2. The molecule has 0 spiro atoms. The van der Waals surface area contributed by atoms with Crippen LogP contribution in [0.5, 0.6) is 0 Å². The number of carboxylic acid groups (broad SMARTS) is 2. The molecule has 2 N–H and O–H groups in total. The molecule has 0 aromatic heterocycles. The van der Waals surface area contributed by atoms with E-state index >= 15 is 0 Å². The standard InChI is InChI=1S/C12H10O6/c13-9(14)11-5-1-2-6(17-5)12(11,10(15)16)8-4-3-7(11)18-8/h1-8H,(H,13,14)(H,15,16)/t5-,6+,7-,8+,11?,12?. The number of carboxylic acids is 2. The number of hydrogen-bond acceptors (Lipinski definition) is 4. The van der Waals surface area contributed by atoms with Crippen molar-refractivity contribution in [2.75, 3.05) is 0 Å². The Kier molecular flexibility index (Phi) is 1.53. The van der Waals surface area contributed by atoms with E-state index in [-0.39, 0.29) is 0 Å². The van der Waals surface area contributed by atoms with Crippen molar-refractivity contribution < 1.29 is 29.3 Å². The number of fused-ring (bicyclic) bond motifs is 9. The molecule has 4 aliphatic heterocycles. The number of carbonyl (C=O) groups is 2. The van der Waals surface area contributed by atoms with Gasteiger partial charge < -0.3 is 19.7 Å². The summed E-state index contributed by atoms with van der Waals surface area (Å²) >= 11 is 0. The van der Waals surface area contributed by atoms with Crippen LogP contribution in [0.15, 0.2) is 24.3 Å². The summed E-state index contributed by atoms with van der Waals surface area (Å²) in [6, 6.07) is 0. The quantitative estimate of drug-likeness (QED) is 0.659. The molecule has 0 radical (unpaired) electrons. The second kappa shape index (κ2) is 2.67. The first-order chi connectivity index (χ1) is 8.56. The van der Waals surface area contributed by atoms with E-state index in [1.807, 2.05) is 0 Å².